The highest BCUT2D eigenvalue weighted by atomic mass is 16.1. The molecule has 1 aromatic heterocycles. The zero-order valence-corrected chi connectivity index (χ0v) is 9.10. The molecule has 84 valence electrons. The molecule has 15 heavy (non-hydrogen) atoms. The molecular formula is C9H17N5O. The molecule has 0 aliphatic carbocycles. The van der Waals surface area contributed by atoms with E-state index in [0.29, 0.717) is 6.42 Å². The van der Waals surface area contributed by atoms with Crippen LogP contribution in [0.1, 0.15) is 19.8 Å². The summed E-state index contributed by atoms with van der Waals surface area (Å²) in [5.41, 5.74) is 4.67. The van der Waals surface area contributed by atoms with Gasteiger partial charge in [-0.2, -0.15) is 5.10 Å². The van der Waals surface area contributed by atoms with Gasteiger partial charge in [0.25, 0.3) is 0 Å². The van der Waals surface area contributed by atoms with Crippen molar-refractivity contribution in [2.45, 2.75) is 31.8 Å². The number of nitrogens with one attached hydrogen (secondary N) is 1. The van der Waals surface area contributed by atoms with Crippen molar-refractivity contribution in [3.63, 3.8) is 0 Å². The van der Waals surface area contributed by atoms with Crippen LogP contribution in [0.25, 0.3) is 0 Å². The fourth-order valence-corrected chi connectivity index (χ4v) is 1.31. The molecule has 6 heteroatoms. The fourth-order valence-electron chi connectivity index (χ4n) is 1.31. The number of hydrogen-bond donors (Lipinski definition) is 2. The smallest absolute Gasteiger partial charge is 0.237 e. The van der Waals surface area contributed by atoms with Crippen LogP contribution in [0.3, 0.4) is 0 Å². The van der Waals surface area contributed by atoms with Gasteiger partial charge >= 0.3 is 0 Å². The van der Waals surface area contributed by atoms with E-state index in [1.54, 1.807) is 25.0 Å². The fraction of sp³-hybridized carbons (Fsp3) is 0.667. The third kappa shape index (κ3) is 3.02. The van der Waals surface area contributed by atoms with Crippen molar-refractivity contribution in [1.82, 2.24) is 20.1 Å². The van der Waals surface area contributed by atoms with Gasteiger partial charge in [-0.15, -0.1) is 0 Å². The van der Waals surface area contributed by atoms with Gasteiger partial charge in [-0.1, -0.05) is 0 Å². The molecule has 0 aromatic carbocycles. The molecule has 0 aliphatic rings. The van der Waals surface area contributed by atoms with E-state index >= 15 is 0 Å². The van der Waals surface area contributed by atoms with Crippen molar-refractivity contribution < 1.29 is 4.79 Å². The predicted octanol–water partition coefficient (Wildman–Crippen LogP) is -0.478. The summed E-state index contributed by atoms with van der Waals surface area (Å²) in [4.78, 5) is 15.0. The third-order valence-corrected chi connectivity index (χ3v) is 2.63. The number of hydrogen-bond acceptors (Lipinski definition) is 4. The summed E-state index contributed by atoms with van der Waals surface area (Å²) in [6, 6.07) is 0. The molecule has 0 fully saturated rings. The van der Waals surface area contributed by atoms with Crippen LogP contribution in [0.4, 0.5) is 0 Å². The van der Waals surface area contributed by atoms with Crippen molar-refractivity contribution >= 4 is 5.91 Å². The normalized spacial score (nSPS) is 14.8. The molecule has 1 rings (SSSR count). The first-order valence-corrected chi connectivity index (χ1v) is 4.90. The second kappa shape index (κ2) is 4.88. The van der Waals surface area contributed by atoms with Crippen LogP contribution in [0, 0.1) is 0 Å². The molecule has 1 aromatic rings. The first-order chi connectivity index (χ1) is 7.08. The molecule has 1 atom stereocenters. The van der Waals surface area contributed by atoms with Crippen LogP contribution in [-0.2, 0) is 11.3 Å². The van der Waals surface area contributed by atoms with Gasteiger partial charge in [-0.3, -0.25) is 9.48 Å². The SMILES string of the molecule is CNC(C)(CCCn1cncn1)C(N)=O. The number of carbonyl (C=O) groups excluding carboxylic acids is 1. The van der Waals surface area contributed by atoms with Crippen molar-refractivity contribution in [3.8, 4) is 0 Å². The Labute approximate surface area is 88.9 Å². The maximum Gasteiger partial charge on any atom is 0.237 e. The molecule has 3 N–H and O–H groups in total. The lowest BCUT2D eigenvalue weighted by atomic mass is 9.95. The standard InChI is InChI=1S/C9H17N5O/c1-9(11-2,8(10)15)4-3-5-14-7-12-6-13-14/h6-7,11H,3-5H2,1-2H3,(H2,10,15). The summed E-state index contributed by atoms with van der Waals surface area (Å²) >= 11 is 0. The van der Waals surface area contributed by atoms with Crippen LogP contribution >= 0.6 is 0 Å². The van der Waals surface area contributed by atoms with Crippen molar-refractivity contribution in [3.05, 3.63) is 12.7 Å². The first-order valence-electron chi connectivity index (χ1n) is 4.90. The molecule has 0 radical (unpaired) electrons. The minimum atomic E-state index is -0.638. The Morgan fingerprint density at radius 1 is 1.67 bits per heavy atom. The first kappa shape index (κ1) is 11.6. The number of amides is 1. The van der Waals surface area contributed by atoms with E-state index in [1.807, 2.05) is 0 Å². The van der Waals surface area contributed by atoms with Gasteiger partial charge in [0.1, 0.15) is 12.7 Å². The number of aromatic nitrogens is 3. The van der Waals surface area contributed by atoms with Gasteiger partial charge in [-0.05, 0) is 26.8 Å². The number of nitrogens with two attached hydrogens (primary N) is 1. The minimum absolute atomic E-state index is 0.330. The Morgan fingerprint density at radius 3 is 2.87 bits per heavy atom. The largest absolute Gasteiger partial charge is 0.368 e. The summed E-state index contributed by atoms with van der Waals surface area (Å²) in [6.07, 6.45) is 4.65. The number of nitrogens with zero attached hydrogens (tertiary/aromatic N) is 3. The quantitative estimate of drug-likeness (QED) is 0.665. The van der Waals surface area contributed by atoms with Crippen LogP contribution < -0.4 is 11.1 Å². The minimum Gasteiger partial charge on any atom is -0.368 e. The van der Waals surface area contributed by atoms with E-state index in [9.17, 15) is 4.79 Å². The van der Waals surface area contributed by atoms with E-state index in [1.165, 1.54) is 6.33 Å². The lowest BCUT2D eigenvalue weighted by Gasteiger charge is -2.25. The van der Waals surface area contributed by atoms with Crippen LogP contribution in [0.5, 0.6) is 0 Å². The average Bonchev–Trinajstić information content (AvgIpc) is 2.70. The lowest BCUT2D eigenvalue weighted by molar-refractivity contribution is -0.123. The topological polar surface area (TPSA) is 85.8 Å². The molecule has 0 saturated carbocycles. The summed E-state index contributed by atoms with van der Waals surface area (Å²) in [7, 11) is 1.74. The lowest BCUT2D eigenvalue weighted by Crippen LogP contribution is -2.51. The molecule has 0 aliphatic heterocycles. The Balaban J connectivity index is 2.38. The second-order valence-corrected chi connectivity index (χ2v) is 3.71. The Bertz CT molecular complexity index is 310. The van der Waals surface area contributed by atoms with E-state index < -0.39 is 5.54 Å². The van der Waals surface area contributed by atoms with Gasteiger partial charge in [-0.25, -0.2) is 4.98 Å². The highest BCUT2D eigenvalue weighted by Gasteiger charge is 2.27. The van der Waals surface area contributed by atoms with Gasteiger partial charge in [0.05, 0.1) is 5.54 Å². The summed E-state index contributed by atoms with van der Waals surface area (Å²) in [5.74, 6) is -0.330. The molecular weight excluding hydrogens is 194 g/mol. The van der Waals surface area contributed by atoms with Gasteiger partial charge in [0.15, 0.2) is 0 Å². The Hall–Kier alpha value is -1.43. The maximum atomic E-state index is 11.2. The van der Waals surface area contributed by atoms with Crippen molar-refractivity contribution in [2.24, 2.45) is 5.73 Å². The number of aryl methyl sites for hydroxylation is 1. The van der Waals surface area contributed by atoms with Crippen LogP contribution in [-0.4, -0.2) is 33.3 Å². The highest BCUT2D eigenvalue weighted by Crippen LogP contribution is 2.11. The molecule has 1 amide bonds. The van der Waals surface area contributed by atoms with Gasteiger partial charge < -0.3 is 11.1 Å². The summed E-state index contributed by atoms with van der Waals surface area (Å²) in [5, 5.41) is 6.91. The van der Waals surface area contributed by atoms with Crippen molar-refractivity contribution in [2.75, 3.05) is 7.05 Å². The second-order valence-electron chi connectivity index (χ2n) is 3.71. The number of primary amides is 1. The summed E-state index contributed by atoms with van der Waals surface area (Å²) < 4.78 is 1.73. The molecule has 0 saturated heterocycles. The number of rotatable bonds is 6. The van der Waals surface area contributed by atoms with E-state index in [-0.39, 0.29) is 5.91 Å². The van der Waals surface area contributed by atoms with Gasteiger partial charge in [0.2, 0.25) is 5.91 Å². The van der Waals surface area contributed by atoms with E-state index in [4.69, 9.17) is 5.73 Å². The average molecular weight is 211 g/mol. The zero-order valence-electron chi connectivity index (χ0n) is 9.10. The number of carbonyl (C=O) groups is 1. The molecule has 0 bridgehead atoms. The molecule has 6 nitrogen and oxygen atoms in total. The van der Waals surface area contributed by atoms with Crippen LogP contribution in [0.2, 0.25) is 0 Å². The Morgan fingerprint density at radius 2 is 2.40 bits per heavy atom. The van der Waals surface area contributed by atoms with E-state index in [2.05, 4.69) is 15.4 Å². The monoisotopic (exact) mass is 211 g/mol. The highest BCUT2D eigenvalue weighted by molar-refractivity contribution is 5.84. The Kier molecular flexibility index (Phi) is 3.79. The predicted molar refractivity (Wildman–Crippen MR) is 55.9 cm³/mol. The van der Waals surface area contributed by atoms with Crippen LogP contribution in [0.15, 0.2) is 12.7 Å². The molecule has 1 unspecified atom stereocenters. The van der Waals surface area contributed by atoms with E-state index in [0.717, 1.165) is 13.0 Å². The molecule has 0 spiro atoms. The molecule has 1 heterocycles. The zero-order chi connectivity index (χ0) is 11.3. The third-order valence-electron chi connectivity index (χ3n) is 2.63. The summed E-state index contributed by atoms with van der Waals surface area (Å²) in [6.45, 7) is 2.54. The van der Waals surface area contributed by atoms with Crippen molar-refractivity contribution in [1.29, 1.82) is 0 Å². The number of likely N-dealkylation sites (N-methyl/N-ethyl adjacent to an activating group) is 1. The maximum absolute atomic E-state index is 11.2. The van der Waals surface area contributed by atoms with Gasteiger partial charge in [0, 0.05) is 6.54 Å².